The minimum atomic E-state index is -4.52. The van der Waals surface area contributed by atoms with Gasteiger partial charge in [0.25, 0.3) is 8.32 Å². The van der Waals surface area contributed by atoms with Crippen molar-refractivity contribution in [1.29, 1.82) is 0 Å². The molecule has 0 amide bonds. The second kappa shape index (κ2) is 9.27. The number of halogens is 3. The van der Waals surface area contributed by atoms with E-state index in [0.29, 0.717) is 0 Å². The minimum Gasteiger partial charge on any atom is -0.476 e. The lowest BCUT2D eigenvalue weighted by Gasteiger charge is -2.46. The lowest BCUT2D eigenvalue weighted by molar-refractivity contribution is -0.235. The summed E-state index contributed by atoms with van der Waals surface area (Å²) in [5.41, 5.74) is -2.20. The summed E-state index contributed by atoms with van der Waals surface area (Å²) < 4.78 is 54.7. The fraction of sp³-hybridized carbons (Fsp3) is 0.458. The molecule has 0 spiro atoms. The number of nitrogens with zero attached hydrogens (tertiary/aromatic N) is 1. The van der Waals surface area contributed by atoms with Gasteiger partial charge in [-0.3, -0.25) is 5.10 Å². The van der Waals surface area contributed by atoms with E-state index in [1.54, 1.807) is 0 Å². The molecule has 32 heavy (non-hydrogen) atoms. The molecule has 0 saturated carbocycles. The average Bonchev–Trinajstić information content (AvgIpc) is 3.26. The molecule has 4 nitrogen and oxygen atoms in total. The van der Waals surface area contributed by atoms with Crippen LogP contribution in [-0.4, -0.2) is 37.9 Å². The normalized spacial score (nSPS) is 18.5. The zero-order valence-electron chi connectivity index (χ0n) is 19.0. The van der Waals surface area contributed by atoms with Crippen LogP contribution in [0, 0.1) is 5.41 Å². The van der Waals surface area contributed by atoms with Crippen LogP contribution in [0.5, 0.6) is 5.88 Å². The maximum absolute atomic E-state index is 14.3. The second-order valence-corrected chi connectivity index (χ2v) is 13.9. The zero-order chi connectivity index (χ0) is 23.5. The van der Waals surface area contributed by atoms with Gasteiger partial charge in [0.15, 0.2) is 0 Å². The highest BCUT2D eigenvalue weighted by Gasteiger charge is 2.57. The van der Waals surface area contributed by atoms with Gasteiger partial charge < -0.3 is 9.16 Å². The van der Waals surface area contributed by atoms with Crippen LogP contribution < -0.4 is 9.92 Å². The Morgan fingerprint density at radius 3 is 2.28 bits per heavy atom. The highest BCUT2D eigenvalue weighted by molar-refractivity contribution is 6.94. The van der Waals surface area contributed by atoms with E-state index in [9.17, 15) is 13.2 Å². The van der Waals surface area contributed by atoms with Crippen LogP contribution in [0.2, 0.25) is 5.04 Å². The zero-order valence-corrected chi connectivity index (χ0v) is 20.0. The molecule has 0 aliphatic heterocycles. The molecule has 1 heterocycles. The Bertz CT molecular complexity index is 936. The highest BCUT2D eigenvalue weighted by Crippen LogP contribution is 2.46. The first-order valence-corrected chi connectivity index (χ1v) is 12.7. The number of nitrogens with one attached hydrogen (secondary N) is 1. The van der Waals surface area contributed by atoms with Crippen molar-refractivity contribution in [2.45, 2.75) is 51.8 Å². The molecule has 1 aromatic heterocycles. The molecule has 2 aromatic rings. The Labute approximate surface area is 188 Å². The molecule has 174 valence electrons. The molecule has 1 aliphatic carbocycles. The van der Waals surface area contributed by atoms with Gasteiger partial charge in [0.2, 0.25) is 5.88 Å². The fourth-order valence-corrected chi connectivity index (χ4v) is 9.10. The summed E-state index contributed by atoms with van der Waals surface area (Å²) in [6.07, 6.45) is 4.73. The van der Waals surface area contributed by atoms with Crippen LogP contribution in [-0.2, 0) is 4.43 Å². The van der Waals surface area contributed by atoms with Crippen LogP contribution in [0.3, 0.4) is 0 Å². The third-order valence-electron chi connectivity index (χ3n) is 6.01. The molecule has 8 heteroatoms. The topological polar surface area (TPSA) is 47.1 Å². The lowest BCUT2D eigenvalue weighted by Crippen LogP contribution is -2.62. The van der Waals surface area contributed by atoms with Gasteiger partial charge in [0.05, 0.1) is 6.61 Å². The molecule has 0 bridgehead atoms. The Kier molecular flexibility index (Phi) is 7.05. The smallest absolute Gasteiger partial charge is 0.399 e. The van der Waals surface area contributed by atoms with Crippen molar-refractivity contribution in [2.24, 2.45) is 5.41 Å². The van der Waals surface area contributed by atoms with E-state index < -0.39 is 33.1 Å². The number of ether oxygens (including phenoxy) is 1. The lowest BCUT2D eigenvalue weighted by atomic mass is 9.92. The quantitative estimate of drug-likeness (QED) is 0.499. The molecular formula is C24H31F3N2O2Si. The number of hydrogen-bond acceptors (Lipinski definition) is 3. The molecule has 2 unspecified atom stereocenters. The van der Waals surface area contributed by atoms with E-state index in [4.69, 9.17) is 9.16 Å². The third kappa shape index (κ3) is 4.86. The molecule has 1 aliphatic rings. The van der Waals surface area contributed by atoms with Crippen LogP contribution in [0.15, 0.2) is 66.0 Å². The molecule has 2 atom stereocenters. The summed E-state index contributed by atoms with van der Waals surface area (Å²) in [6.45, 7) is 6.27. The van der Waals surface area contributed by atoms with E-state index in [-0.39, 0.29) is 10.9 Å². The van der Waals surface area contributed by atoms with E-state index in [0.717, 1.165) is 30.1 Å². The van der Waals surface area contributed by atoms with E-state index in [1.165, 1.54) is 12.3 Å². The Morgan fingerprint density at radius 2 is 1.75 bits per heavy atom. The largest absolute Gasteiger partial charge is 0.476 e. The maximum Gasteiger partial charge on any atom is 0.399 e. The minimum absolute atomic E-state index is 0.128. The van der Waals surface area contributed by atoms with Crippen molar-refractivity contribution in [2.75, 3.05) is 13.2 Å². The first kappa shape index (κ1) is 24.3. The van der Waals surface area contributed by atoms with Gasteiger partial charge in [-0.25, -0.2) is 0 Å². The molecule has 1 N–H and O–H groups in total. The summed E-state index contributed by atoms with van der Waals surface area (Å²) in [5.74, 6) is 0.128. The molecule has 3 rings (SSSR count). The van der Waals surface area contributed by atoms with E-state index in [2.05, 4.69) is 37.0 Å². The van der Waals surface area contributed by atoms with Crippen molar-refractivity contribution < 1.29 is 22.3 Å². The molecule has 1 aromatic carbocycles. The molecular weight excluding hydrogens is 433 g/mol. The van der Waals surface area contributed by atoms with E-state index >= 15 is 0 Å². The van der Waals surface area contributed by atoms with Gasteiger partial charge in [-0.05, 0) is 35.2 Å². The maximum atomic E-state index is 14.3. The second-order valence-electron chi connectivity index (χ2n) is 9.50. The van der Waals surface area contributed by atoms with Gasteiger partial charge >= 0.3 is 6.18 Å². The number of hydrogen-bond donors (Lipinski definition) is 1. The number of benzene rings is 1. The predicted molar refractivity (Wildman–Crippen MR) is 122 cm³/mol. The monoisotopic (exact) mass is 464 g/mol. The number of rotatable bonds is 8. The SMILES string of the molecule is CC(COc1cc[nH]n1)(CO[Si](C1=CC=CCC1)(c1ccccc1)C(C)(C)C)C(F)(F)F. The van der Waals surface area contributed by atoms with Crippen LogP contribution >= 0.6 is 0 Å². The average molecular weight is 465 g/mol. The first-order chi connectivity index (χ1) is 15.0. The van der Waals surface area contributed by atoms with Gasteiger partial charge in [-0.1, -0.05) is 69.3 Å². The molecule has 0 fully saturated rings. The number of aromatic nitrogens is 2. The van der Waals surface area contributed by atoms with Crippen LogP contribution in [0.4, 0.5) is 13.2 Å². The Balaban J connectivity index is 2.01. The van der Waals surface area contributed by atoms with Crippen molar-refractivity contribution in [3.8, 4) is 5.88 Å². The Morgan fingerprint density at radius 1 is 1.03 bits per heavy atom. The van der Waals surface area contributed by atoms with Gasteiger partial charge in [0.1, 0.15) is 12.0 Å². The van der Waals surface area contributed by atoms with Crippen molar-refractivity contribution >= 4 is 13.5 Å². The summed E-state index contributed by atoms with van der Waals surface area (Å²) in [6, 6.07) is 11.2. The van der Waals surface area contributed by atoms with Crippen molar-refractivity contribution in [3.05, 3.63) is 66.0 Å². The predicted octanol–water partition coefficient (Wildman–Crippen LogP) is 5.84. The van der Waals surface area contributed by atoms with Crippen molar-refractivity contribution in [3.63, 3.8) is 0 Å². The number of aromatic amines is 1. The summed E-state index contributed by atoms with van der Waals surface area (Å²) in [5, 5.41) is 8.07. The van der Waals surface area contributed by atoms with Crippen molar-refractivity contribution in [1.82, 2.24) is 10.2 Å². The highest BCUT2D eigenvalue weighted by atomic mass is 28.4. The third-order valence-corrected chi connectivity index (χ3v) is 11.2. The Hall–Kier alpha value is -2.32. The first-order valence-electron chi connectivity index (χ1n) is 10.7. The molecule has 0 radical (unpaired) electrons. The number of alkyl halides is 3. The van der Waals surface area contributed by atoms with Crippen LogP contribution in [0.25, 0.3) is 0 Å². The van der Waals surface area contributed by atoms with E-state index in [1.807, 2.05) is 42.5 Å². The van der Waals surface area contributed by atoms with Gasteiger partial charge in [-0.2, -0.15) is 13.2 Å². The summed E-state index contributed by atoms with van der Waals surface area (Å²) >= 11 is 0. The number of H-pyrrole nitrogens is 1. The standard InChI is InChI=1S/C24H31F3N2O2Si/c1-22(2,3)32(19-11-7-5-8-12-19,20-13-9-6-10-14-20)31-18-23(4,24(25,26)27)17-30-21-15-16-28-29-21/h5-9,11-13,15-16H,10,14,17-18H2,1-4H3,(H,28,29). The molecule has 0 saturated heterocycles. The number of allylic oxidation sites excluding steroid dienone is 4. The van der Waals surface area contributed by atoms with Crippen LogP contribution in [0.1, 0.15) is 40.5 Å². The summed E-state index contributed by atoms with van der Waals surface area (Å²) in [4.78, 5) is 0. The van der Waals surface area contributed by atoms with Gasteiger partial charge in [0, 0.05) is 12.3 Å². The summed E-state index contributed by atoms with van der Waals surface area (Å²) in [7, 11) is -3.02. The fourth-order valence-electron chi connectivity index (χ4n) is 4.09. The van der Waals surface area contributed by atoms with Gasteiger partial charge in [-0.15, -0.1) is 5.10 Å².